The molecule has 2 rings (SSSR count). The van der Waals surface area contributed by atoms with E-state index in [0.29, 0.717) is 24.3 Å². The van der Waals surface area contributed by atoms with Crippen LogP contribution in [0.15, 0.2) is 0 Å². The van der Waals surface area contributed by atoms with Crippen LogP contribution in [0.4, 0.5) is 0 Å². The Balaban J connectivity index is 1.96. The quantitative estimate of drug-likeness (QED) is 0.706. The van der Waals surface area contributed by atoms with Crippen LogP contribution >= 0.6 is 0 Å². The SMILES string of the molecule is CC(C)(C)CC(=O)N1CC[C@H]2CNC[C@H]21. The Morgan fingerprint density at radius 3 is 2.80 bits per heavy atom. The third-order valence-corrected chi connectivity index (χ3v) is 3.45. The molecule has 1 amide bonds. The maximum absolute atomic E-state index is 12.1. The predicted octanol–water partition coefficient (Wildman–Crippen LogP) is 1.24. The average molecular weight is 210 g/mol. The predicted molar refractivity (Wildman–Crippen MR) is 60.5 cm³/mol. The smallest absolute Gasteiger partial charge is 0.223 e. The topological polar surface area (TPSA) is 32.3 Å². The highest BCUT2D eigenvalue weighted by atomic mass is 16.2. The van der Waals surface area contributed by atoms with Crippen LogP contribution in [0.2, 0.25) is 0 Å². The molecule has 0 aliphatic carbocycles. The third-order valence-electron chi connectivity index (χ3n) is 3.45. The van der Waals surface area contributed by atoms with Crippen molar-refractivity contribution in [1.82, 2.24) is 10.2 Å². The van der Waals surface area contributed by atoms with Gasteiger partial charge in [-0.2, -0.15) is 0 Å². The minimum atomic E-state index is 0.112. The minimum absolute atomic E-state index is 0.112. The zero-order chi connectivity index (χ0) is 11.1. The third kappa shape index (κ3) is 2.33. The van der Waals surface area contributed by atoms with Gasteiger partial charge in [-0.3, -0.25) is 4.79 Å². The number of carbonyl (C=O) groups excluding carboxylic acids is 1. The maximum atomic E-state index is 12.1. The van der Waals surface area contributed by atoms with Gasteiger partial charge in [-0.05, 0) is 17.8 Å². The fraction of sp³-hybridized carbons (Fsp3) is 0.917. The number of carbonyl (C=O) groups is 1. The minimum Gasteiger partial charge on any atom is -0.338 e. The van der Waals surface area contributed by atoms with Crippen molar-refractivity contribution in [3.8, 4) is 0 Å². The van der Waals surface area contributed by atoms with Gasteiger partial charge in [-0.15, -0.1) is 0 Å². The summed E-state index contributed by atoms with van der Waals surface area (Å²) < 4.78 is 0. The molecule has 0 aromatic rings. The largest absolute Gasteiger partial charge is 0.338 e. The standard InChI is InChI=1S/C12H22N2O/c1-12(2,3)6-11(15)14-5-4-9-7-13-8-10(9)14/h9-10,13H,4-8H2,1-3H3/t9-,10+/m0/s1. The van der Waals surface area contributed by atoms with E-state index in [1.165, 1.54) is 6.42 Å². The van der Waals surface area contributed by atoms with Crippen LogP contribution < -0.4 is 5.32 Å². The van der Waals surface area contributed by atoms with E-state index >= 15 is 0 Å². The molecule has 86 valence electrons. The second kappa shape index (κ2) is 3.78. The summed E-state index contributed by atoms with van der Waals surface area (Å²) >= 11 is 0. The fourth-order valence-corrected chi connectivity index (χ4v) is 2.71. The van der Waals surface area contributed by atoms with E-state index in [1.54, 1.807) is 0 Å². The number of hydrogen-bond donors (Lipinski definition) is 1. The second-order valence-corrected chi connectivity index (χ2v) is 6.10. The molecule has 0 bridgehead atoms. The zero-order valence-electron chi connectivity index (χ0n) is 10.0. The van der Waals surface area contributed by atoms with Crippen molar-refractivity contribution in [2.24, 2.45) is 11.3 Å². The van der Waals surface area contributed by atoms with Crippen LogP contribution in [0.25, 0.3) is 0 Å². The molecule has 2 aliphatic rings. The van der Waals surface area contributed by atoms with Crippen molar-refractivity contribution in [3.05, 3.63) is 0 Å². The lowest BCUT2D eigenvalue weighted by Crippen LogP contribution is -2.40. The summed E-state index contributed by atoms with van der Waals surface area (Å²) in [6.45, 7) is 9.47. The second-order valence-electron chi connectivity index (χ2n) is 6.10. The molecule has 0 spiro atoms. The van der Waals surface area contributed by atoms with Crippen molar-refractivity contribution in [1.29, 1.82) is 0 Å². The van der Waals surface area contributed by atoms with Gasteiger partial charge in [-0.1, -0.05) is 20.8 Å². The molecule has 2 atom stereocenters. The summed E-state index contributed by atoms with van der Waals surface area (Å²) in [7, 11) is 0. The first-order chi connectivity index (χ1) is 6.97. The first-order valence-corrected chi connectivity index (χ1v) is 5.97. The van der Waals surface area contributed by atoms with Crippen LogP contribution in [0.3, 0.4) is 0 Å². The first kappa shape index (κ1) is 10.9. The number of nitrogens with one attached hydrogen (secondary N) is 1. The van der Waals surface area contributed by atoms with Crippen molar-refractivity contribution in [3.63, 3.8) is 0 Å². The van der Waals surface area contributed by atoms with Gasteiger partial charge in [0.1, 0.15) is 0 Å². The molecule has 15 heavy (non-hydrogen) atoms. The van der Waals surface area contributed by atoms with Gasteiger partial charge in [-0.25, -0.2) is 0 Å². The van der Waals surface area contributed by atoms with Crippen LogP contribution in [0.5, 0.6) is 0 Å². The Hall–Kier alpha value is -0.570. The molecular weight excluding hydrogens is 188 g/mol. The highest BCUT2D eigenvalue weighted by molar-refractivity contribution is 5.77. The molecule has 2 heterocycles. The summed E-state index contributed by atoms with van der Waals surface area (Å²) in [5.74, 6) is 1.06. The lowest BCUT2D eigenvalue weighted by molar-refractivity contribution is -0.133. The number of nitrogens with zero attached hydrogens (tertiary/aromatic N) is 1. The summed E-state index contributed by atoms with van der Waals surface area (Å²) in [6.07, 6.45) is 1.86. The zero-order valence-corrected chi connectivity index (χ0v) is 10.0. The molecule has 2 saturated heterocycles. The van der Waals surface area contributed by atoms with Gasteiger partial charge in [0.25, 0.3) is 0 Å². The number of fused-ring (bicyclic) bond motifs is 1. The molecule has 0 saturated carbocycles. The molecule has 0 radical (unpaired) electrons. The number of amides is 1. The normalized spacial score (nSPS) is 30.7. The van der Waals surface area contributed by atoms with E-state index in [9.17, 15) is 4.79 Å². The van der Waals surface area contributed by atoms with Gasteiger partial charge < -0.3 is 10.2 Å². The van der Waals surface area contributed by atoms with Crippen molar-refractivity contribution in [2.45, 2.75) is 39.7 Å². The van der Waals surface area contributed by atoms with Crippen LogP contribution in [-0.2, 0) is 4.79 Å². The maximum Gasteiger partial charge on any atom is 0.223 e. The van der Waals surface area contributed by atoms with E-state index in [2.05, 4.69) is 31.0 Å². The van der Waals surface area contributed by atoms with Crippen LogP contribution in [0, 0.1) is 11.3 Å². The molecule has 0 aromatic carbocycles. The summed E-state index contributed by atoms with van der Waals surface area (Å²) in [4.78, 5) is 14.2. The molecular formula is C12H22N2O. The van der Waals surface area contributed by atoms with Crippen molar-refractivity contribution < 1.29 is 4.79 Å². The lowest BCUT2D eigenvalue weighted by Gasteiger charge is -2.27. The lowest BCUT2D eigenvalue weighted by atomic mass is 9.91. The van der Waals surface area contributed by atoms with E-state index in [4.69, 9.17) is 0 Å². The van der Waals surface area contributed by atoms with Gasteiger partial charge >= 0.3 is 0 Å². The molecule has 0 aromatic heterocycles. The van der Waals surface area contributed by atoms with Crippen molar-refractivity contribution >= 4 is 5.91 Å². The van der Waals surface area contributed by atoms with Gasteiger partial charge in [0.05, 0.1) is 0 Å². The Kier molecular flexibility index (Phi) is 2.75. The molecule has 3 heteroatoms. The van der Waals surface area contributed by atoms with E-state index < -0.39 is 0 Å². The van der Waals surface area contributed by atoms with Gasteiger partial charge in [0.2, 0.25) is 5.91 Å². The first-order valence-electron chi connectivity index (χ1n) is 5.97. The highest BCUT2D eigenvalue weighted by Crippen LogP contribution is 2.29. The van der Waals surface area contributed by atoms with Gasteiger partial charge in [0, 0.05) is 32.1 Å². The highest BCUT2D eigenvalue weighted by Gasteiger charge is 2.40. The molecule has 3 nitrogen and oxygen atoms in total. The number of likely N-dealkylation sites (tertiary alicyclic amines) is 1. The van der Waals surface area contributed by atoms with E-state index in [-0.39, 0.29) is 5.41 Å². The van der Waals surface area contributed by atoms with Crippen LogP contribution in [0.1, 0.15) is 33.6 Å². The summed E-state index contributed by atoms with van der Waals surface area (Å²) in [6, 6.07) is 0.486. The Bertz CT molecular complexity index is 257. The number of rotatable bonds is 1. The number of hydrogen-bond acceptors (Lipinski definition) is 2. The summed E-state index contributed by atoms with van der Waals surface area (Å²) in [5, 5.41) is 3.38. The Morgan fingerprint density at radius 2 is 2.13 bits per heavy atom. The van der Waals surface area contributed by atoms with E-state index in [0.717, 1.165) is 19.6 Å². The monoisotopic (exact) mass is 210 g/mol. The van der Waals surface area contributed by atoms with Gasteiger partial charge in [0.15, 0.2) is 0 Å². The molecule has 1 N–H and O–H groups in total. The Morgan fingerprint density at radius 1 is 1.40 bits per heavy atom. The molecule has 2 aliphatic heterocycles. The van der Waals surface area contributed by atoms with E-state index in [1.807, 2.05) is 0 Å². The average Bonchev–Trinajstić information content (AvgIpc) is 2.57. The van der Waals surface area contributed by atoms with Crippen molar-refractivity contribution in [2.75, 3.05) is 19.6 Å². The fourth-order valence-electron chi connectivity index (χ4n) is 2.71. The molecule has 0 unspecified atom stereocenters. The summed E-state index contributed by atoms with van der Waals surface area (Å²) in [5.41, 5.74) is 0.112. The molecule has 2 fully saturated rings. The Labute approximate surface area is 92.2 Å². The van der Waals surface area contributed by atoms with Crippen LogP contribution in [-0.4, -0.2) is 36.5 Å².